The van der Waals surface area contributed by atoms with Crippen molar-refractivity contribution in [1.82, 2.24) is 9.78 Å². The van der Waals surface area contributed by atoms with Crippen molar-refractivity contribution < 1.29 is 19.1 Å². The molecule has 162 valence electrons. The van der Waals surface area contributed by atoms with E-state index in [1.54, 1.807) is 42.1 Å². The first-order valence-corrected chi connectivity index (χ1v) is 9.86. The van der Waals surface area contributed by atoms with E-state index in [4.69, 9.17) is 20.2 Å². The number of carbonyl (C=O) groups excluding carboxylic acids is 1. The van der Waals surface area contributed by atoms with Crippen LogP contribution in [0.3, 0.4) is 0 Å². The maximum atomic E-state index is 12.2. The standard InChI is InChI=1S/C24H27N3O4/c1-16-20(22(27(5)26-16)29-19-9-7-6-8-10-19)15-21(31-25)17-11-13-18(14-12-17)23(28)30-24(2,3)4/h6-15H,25H2,1-5H3/b21-15+. The predicted octanol–water partition coefficient (Wildman–Crippen LogP) is 4.86. The Hall–Kier alpha value is -3.58. The lowest BCUT2D eigenvalue weighted by atomic mass is 10.1. The average Bonchev–Trinajstić information content (AvgIpc) is 2.98. The van der Waals surface area contributed by atoms with E-state index in [1.165, 1.54) is 0 Å². The molecule has 0 unspecified atom stereocenters. The lowest BCUT2D eigenvalue weighted by Crippen LogP contribution is -2.23. The number of aromatic nitrogens is 2. The molecule has 0 aliphatic heterocycles. The Kier molecular flexibility index (Phi) is 6.46. The van der Waals surface area contributed by atoms with Crippen LogP contribution in [-0.4, -0.2) is 21.4 Å². The Bertz CT molecular complexity index is 1080. The molecule has 1 aromatic heterocycles. The third-order valence-corrected chi connectivity index (χ3v) is 4.38. The zero-order chi connectivity index (χ0) is 22.6. The predicted molar refractivity (Wildman–Crippen MR) is 119 cm³/mol. The molecule has 3 aromatic rings. The van der Waals surface area contributed by atoms with Gasteiger partial charge in [-0.25, -0.2) is 9.48 Å². The van der Waals surface area contributed by atoms with Gasteiger partial charge in [-0.3, -0.25) is 0 Å². The van der Waals surface area contributed by atoms with Crippen molar-refractivity contribution in [3.05, 3.63) is 77.0 Å². The SMILES string of the molecule is Cc1nn(C)c(Oc2ccccc2)c1/C=C(/ON)c1ccc(C(=O)OC(C)(C)C)cc1. The van der Waals surface area contributed by atoms with Crippen LogP contribution >= 0.6 is 0 Å². The van der Waals surface area contributed by atoms with Crippen LogP contribution in [0.2, 0.25) is 0 Å². The highest BCUT2D eigenvalue weighted by Gasteiger charge is 2.19. The molecule has 0 saturated heterocycles. The number of benzene rings is 2. The number of rotatable bonds is 6. The van der Waals surface area contributed by atoms with Gasteiger partial charge in [-0.05, 0) is 58.0 Å². The number of hydrogen-bond donors (Lipinski definition) is 1. The van der Waals surface area contributed by atoms with Crippen LogP contribution in [0.15, 0.2) is 54.6 Å². The zero-order valence-corrected chi connectivity index (χ0v) is 18.4. The van der Waals surface area contributed by atoms with Crippen LogP contribution in [0.1, 0.15) is 48.0 Å². The van der Waals surface area contributed by atoms with Crippen molar-refractivity contribution >= 4 is 17.8 Å². The summed E-state index contributed by atoms with van der Waals surface area (Å²) in [5.41, 5.74) is 2.08. The summed E-state index contributed by atoms with van der Waals surface area (Å²) in [6, 6.07) is 16.3. The summed E-state index contributed by atoms with van der Waals surface area (Å²) in [5.74, 6) is 6.83. The molecule has 1 heterocycles. The molecule has 7 nitrogen and oxygen atoms in total. The zero-order valence-electron chi connectivity index (χ0n) is 18.4. The van der Waals surface area contributed by atoms with Gasteiger partial charge in [0.1, 0.15) is 11.4 Å². The maximum absolute atomic E-state index is 12.2. The first kappa shape index (κ1) is 22.1. The van der Waals surface area contributed by atoms with E-state index in [0.717, 1.165) is 11.3 Å². The number of esters is 1. The summed E-state index contributed by atoms with van der Waals surface area (Å²) in [6.45, 7) is 7.36. The monoisotopic (exact) mass is 421 g/mol. The van der Waals surface area contributed by atoms with Crippen molar-refractivity contribution in [2.45, 2.75) is 33.3 Å². The van der Waals surface area contributed by atoms with Crippen molar-refractivity contribution in [2.24, 2.45) is 12.9 Å². The third-order valence-electron chi connectivity index (χ3n) is 4.38. The normalized spacial score (nSPS) is 11.9. The largest absolute Gasteiger partial charge is 0.456 e. The molecule has 0 amide bonds. The molecule has 0 aliphatic carbocycles. The molecule has 2 aromatic carbocycles. The summed E-state index contributed by atoms with van der Waals surface area (Å²) in [4.78, 5) is 17.4. The van der Waals surface area contributed by atoms with Crippen molar-refractivity contribution in [1.29, 1.82) is 0 Å². The Morgan fingerprint density at radius 3 is 2.23 bits per heavy atom. The van der Waals surface area contributed by atoms with E-state index in [2.05, 4.69) is 5.10 Å². The van der Waals surface area contributed by atoms with Gasteiger partial charge in [0.2, 0.25) is 5.88 Å². The summed E-state index contributed by atoms with van der Waals surface area (Å²) >= 11 is 0. The Labute approximate surface area is 182 Å². The molecule has 0 fully saturated rings. The van der Waals surface area contributed by atoms with Crippen LogP contribution in [0.4, 0.5) is 0 Å². The first-order valence-electron chi connectivity index (χ1n) is 9.86. The molecular formula is C24H27N3O4. The summed E-state index contributed by atoms with van der Waals surface area (Å²) in [7, 11) is 1.81. The highest BCUT2D eigenvalue weighted by Crippen LogP contribution is 2.31. The summed E-state index contributed by atoms with van der Waals surface area (Å²) < 4.78 is 13.1. The van der Waals surface area contributed by atoms with E-state index < -0.39 is 5.60 Å². The quantitative estimate of drug-likeness (QED) is 0.347. The minimum absolute atomic E-state index is 0.389. The van der Waals surface area contributed by atoms with Gasteiger partial charge < -0.3 is 14.3 Å². The van der Waals surface area contributed by atoms with Gasteiger partial charge in [0, 0.05) is 12.6 Å². The molecule has 7 heteroatoms. The number of para-hydroxylation sites is 1. The minimum atomic E-state index is -0.561. The lowest BCUT2D eigenvalue weighted by molar-refractivity contribution is 0.00695. The summed E-state index contributed by atoms with van der Waals surface area (Å²) in [6.07, 6.45) is 1.77. The van der Waals surface area contributed by atoms with Gasteiger partial charge in [-0.1, -0.05) is 30.3 Å². The van der Waals surface area contributed by atoms with E-state index in [-0.39, 0.29) is 5.97 Å². The average molecular weight is 421 g/mol. The molecule has 3 rings (SSSR count). The molecule has 0 bridgehead atoms. The molecule has 0 spiro atoms. The van der Waals surface area contributed by atoms with Gasteiger partial charge >= 0.3 is 5.97 Å². The van der Waals surface area contributed by atoms with Crippen molar-refractivity contribution in [3.63, 3.8) is 0 Å². The minimum Gasteiger partial charge on any atom is -0.456 e. The van der Waals surface area contributed by atoms with Crippen molar-refractivity contribution in [3.8, 4) is 11.6 Å². The van der Waals surface area contributed by atoms with Gasteiger partial charge in [-0.15, -0.1) is 0 Å². The fraction of sp³-hybridized carbons (Fsp3) is 0.250. The van der Waals surface area contributed by atoms with Gasteiger partial charge in [0.15, 0.2) is 5.76 Å². The second-order valence-corrected chi connectivity index (χ2v) is 8.05. The van der Waals surface area contributed by atoms with E-state index in [9.17, 15) is 4.79 Å². The number of hydrogen-bond acceptors (Lipinski definition) is 6. The molecule has 2 N–H and O–H groups in total. The van der Waals surface area contributed by atoms with Crippen molar-refractivity contribution in [2.75, 3.05) is 0 Å². The highest BCUT2D eigenvalue weighted by molar-refractivity contribution is 5.90. The van der Waals surface area contributed by atoms with E-state index in [0.29, 0.717) is 28.5 Å². The molecule has 31 heavy (non-hydrogen) atoms. The van der Waals surface area contributed by atoms with Gasteiger partial charge in [-0.2, -0.15) is 11.0 Å². The number of ether oxygens (including phenoxy) is 2. The van der Waals surface area contributed by atoms with Crippen LogP contribution < -0.4 is 10.6 Å². The van der Waals surface area contributed by atoms with Crippen LogP contribution in [-0.2, 0) is 16.6 Å². The Morgan fingerprint density at radius 2 is 1.65 bits per heavy atom. The van der Waals surface area contributed by atoms with E-state index in [1.807, 2.05) is 58.0 Å². The number of nitrogens with two attached hydrogens (primary N) is 1. The molecule has 0 radical (unpaired) electrons. The van der Waals surface area contributed by atoms with Crippen LogP contribution in [0.5, 0.6) is 11.6 Å². The third kappa shape index (κ3) is 5.52. The summed E-state index contributed by atoms with van der Waals surface area (Å²) in [5, 5.41) is 4.45. The lowest BCUT2D eigenvalue weighted by Gasteiger charge is -2.19. The van der Waals surface area contributed by atoms with Gasteiger partial charge in [0.05, 0.1) is 16.8 Å². The number of nitrogens with zero attached hydrogens (tertiary/aromatic N) is 2. The highest BCUT2D eigenvalue weighted by atomic mass is 16.6. The molecular weight excluding hydrogens is 394 g/mol. The second kappa shape index (κ2) is 9.06. The maximum Gasteiger partial charge on any atom is 0.338 e. The fourth-order valence-electron chi connectivity index (χ4n) is 2.96. The molecule has 0 atom stereocenters. The number of aryl methyl sites for hydroxylation is 2. The van der Waals surface area contributed by atoms with E-state index >= 15 is 0 Å². The van der Waals surface area contributed by atoms with Gasteiger partial charge in [0.25, 0.3) is 0 Å². The first-order chi connectivity index (χ1) is 14.7. The smallest absolute Gasteiger partial charge is 0.338 e. The molecule has 0 saturated carbocycles. The van der Waals surface area contributed by atoms with Crippen LogP contribution in [0, 0.1) is 6.92 Å². The number of carbonyl (C=O) groups is 1. The Morgan fingerprint density at radius 1 is 1.03 bits per heavy atom. The second-order valence-electron chi connectivity index (χ2n) is 8.05. The Balaban J connectivity index is 1.91. The fourth-order valence-corrected chi connectivity index (χ4v) is 2.96. The topological polar surface area (TPSA) is 88.6 Å². The van der Waals surface area contributed by atoms with Crippen LogP contribution in [0.25, 0.3) is 11.8 Å². The molecule has 0 aliphatic rings.